The van der Waals surface area contributed by atoms with Crippen LogP contribution in [0.2, 0.25) is 0 Å². The van der Waals surface area contributed by atoms with Crippen molar-refractivity contribution in [3.8, 4) is 6.07 Å². The van der Waals surface area contributed by atoms with Gasteiger partial charge in [-0.25, -0.2) is 0 Å². The average molecular weight is 142 g/mol. The van der Waals surface area contributed by atoms with Crippen molar-refractivity contribution in [2.75, 3.05) is 13.1 Å². The maximum atomic E-state index is 8.52. The summed E-state index contributed by atoms with van der Waals surface area (Å²) in [7, 11) is 2.64. The van der Waals surface area contributed by atoms with Crippen molar-refractivity contribution in [2.24, 2.45) is 5.92 Å². The van der Waals surface area contributed by atoms with Gasteiger partial charge in [0.2, 0.25) is 0 Å². The minimum atomic E-state index is 0.274. The van der Waals surface area contributed by atoms with Crippen LogP contribution in [-0.4, -0.2) is 17.8 Å². The highest BCUT2D eigenvalue weighted by Crippen LogP contribution is 2.17. The largest absolute Gasteiger partial charge is 0.286 e. The predicted octanol–water partition coefficient (Wildman–Crippen LogP) is 1.01. The molecule has 0 aromatic heterocycles. The Morgan fingerprint density at radius 3 is 2.89 bits per heavy atom. The van der Waals surface area contributed by atoms with Crippen molar-refractivity contribution in [1.82, 2.24) is 4.67 Å². The molecule has 0 aromatic carbocycles. The minimum Gasteiger partial charge on any atom is -0.286 e. The van der Waals surface area contributed by atoms with Gasteiger partial charge in [0, 0.05) is 13.1 Å². The van der Waals surface area contributed by atoms with Crippen LogP contribution >= 0.6 is 9.39 Å². The van der Waals surface area contributed by atoms with Crippen LogP contribution in [-0.2, 0) is 0 Å². The predicted molar refractivity (Wildman–Crippen MR) is 39.6 cm³/mol. The van der Waals surface area contributed by atoms with Crippen LogP contribution in [0.15, 0.2) is 0 Å². The molecule has 0 spiro atoms. The van der Waals surface area contributed by atoms with E-state index in [0.717, 1.165) is 19.5 Å². The molecule has 1 aliphatic heterocycles. The Morgan fingerprint density at radius 2 is 2.44 bits per heavy atom. The number of rotatable bonds is 0. The number of hydrogen-bond donors (Lipinski definition) is 0. The normalized spacial score (nSPS) is 29.6. The topological polar surface area (TPSA) is 27.0 Å². The molecular formula is C6H11N2P. The van der Waals surface area contributed by atoms with Gasteiger partial charge in [0.25, 0.3) is 0 Å². The van der Waals surface area contributed by atoms with E-state index in [1.54, 1.807) is 0 Å². The van der Waals surface area contributed by atoms with Crippen LogP contribution in [0, 0.1) is 17.2 Å². The summed E-state index contributed by atoms with van der Waals surface area (Å²) < 4.78 is 2.14. The fourth-order valence-electron chi connectivity index (χ4n) is 1.11. The average Bonchev–Trinajstić information content (AvgIpc) is 1.88. The Morgan fingerprint density at radius 1 is 1.67 bits per heavy atom. The van der Waals surface area contributed by atoms with E-state index in [1.165, 1.54) is 6.42 Å². The van der Waals surface area contributed by atoms with E-state index in [0.29, 0.717) is 0 Å². The van der Waals surface area contributed by atoms with Gasteiger partial charge in [-0.3, -0.25) is 4.67 Å². The highest BCUT2D eigenvalue weighted by molar-refractivity contribution is 7.13. The summed E-state index contributed by atoms with van der Waals surface area (Å²) >= 11 is 0. The van der Waals surface area contributed by atoms with Gasteiger partial charge in [0.05, 0.1) is 12.0 Å². The molecule has 1 heterocycles. The second-order valence-electron chi connectivity index (χ2n) is 2.46. The van der Waals surface area contributed by atoms with E-state index in [4.69, 9.17) is 5.26 Å². The molecule has 2 nitrogen and oxygen atoms in total. The van der Waals surface area contributed by atoms with Crippen molar-refractivity contribution < 1.29 is 0 Å². The lowest BCUT2D eigenvalue weighted by molar-refractivity contribution is 0.329. The van der Waals surface area contributed by atoms with E-state index >= 15 is 0 Å². The number of hydrogen-bond acceptors (Lipinski definition) is 2. The first-order chi connectivity index (χ1) is 4.33. The van der Waals surface area contributed by atoms with Crippen LogP contribution in [0.25, 0.3) is 0 Å². The van der Waals surface area contributed by atoms with Gasteiger partial charge in [0.1, 0.15) is 0 Å². The fraction of sp³-hybridized carbons (Fsp3) is 0.833. The summed E-state index contributed by atoms with van der Waals surface area (Å²) in [6.45, 7) is 2.06. The van der Waals surface area contributed by atoms with Crippen LogP contribution in [0.4, 0.5) is 0 Å². The molecule has 2 unspecified atom stereocenters. The smallest absolute Gasteiger partial charge is 0.0669 e. The molecule has 1 rings (SSSR count). The van der Waals surface area contributed by atoms with Crippen molar-refractivity contribution in [3.05, 3.63) is 0 Å². The standard InChI is InChI=1S/C6H11N2P/c7-4-6-2-1-3-8(9)5-6/h6H,1-3,5,9H2. The Balaban J connectivity index is 2.34. The minimum absolute atomic E-state index is 0.274. The van der Waals surface area contributed by atoms with Gasteiger partial charge in [-0.1, -0.05) is 9.39 Å². The molecule has 0 amide bonds. The summed E-state index contributed by atoms with van der Waals surface area (Å²) in [4.78, 5) is 0. The highest BCUT2D eigenvalue weighted by Gasteiger charge is 2.15. The molecule has 0 radical (unpaired) electrons. The van der Waals surface area contributed by atoms with Crippen LogP contribution in [0.5, 0.6) is 0 Å². The van der Waals surface area contributed by atoms with Gasteiger partial charge >= 0.3 is 0 Å². The SMILES string of the molecule is N#CC1CCCN(P)C1. The molecule has 50 valence electrons. The molecule has 0 bridgehead atoms. The maximum Gasteiger partial charge on any atom is 0.0669 e. The second-order valence-corrected chi connectivity index (χ2v) is 3.19. The van der Waals surface area contributed by atoms with Crippen LogP contribution < -0.4 is 0 Å². The van der Waals surface area contributed by atoms with E-state index in [1.807, 2.05) is 0 Å². The summed E-state index contributed by atoms with van der Waals surface area (Å²) in [5.74, 6) is 0.274. The Bertz CT molecular complexity index is 130. The van der Waals surface area contributed by atoms with E-state index < -0.39 is 0 Å². The molecular weight excluding hydrogens is 131 g/mol. The fourth-order valence-corrected chi connectivity index (χ4v) is 1.55. The zero-order valence-electron chi connectivity index (χ0n) is 5.38. The van der Waals surface area contributed by atoms with Gasteiger partial charge < -0.3 is 0 Å². The Labute approximate surface area is 58.1 Å². The molecule has 2 atom stereocenters. The Kier molecular flexibility index (Phi) is 2.45. The first kappa shape index (κ1) is 6.99. The summed E-state index contributed by atoms with van der Waals surface area (Å²) in [5.41, 5.74) is 0. The lowest BCUT2D eigenvalue weighted by Gasteiger charge is -2.24. The lowest BCUT2D eigenvalue weighted by atomic mass is 10.0. The molecule has 1 aliphatic rings. The molecule has 3 heteroatoms. The van der Waals surface area contributed by atoms with E-state index in [2.05, 4.69) is 20.1 Å². The van der Waals surface area contributed by atoms with E-state index in [-0.39, 0.29) is 5.92 Å². The van der Waals surface area contributed by atoms with Crippen molar-refractivity contribution in [2.45, 2.75) is 12.8 Å². The van der Waals surface area contributed by atoms with Gasteiger partial charge in [0.15, 0.2) is 0 Å². The maximum absolute atomic E-state index is 8.52. The van der Waals surface area contributed by atoms with Gasteiger partial charge in [-0.15, -0.1) is 0 Å². The summed E-state index contributed by atoms with van der Waals surface area (Å²) in [6.07, 6.45) is 2.25. The highest BCUT2D eigenvalue weighted by atomic mass is 31.0. The molecule has 0 aliphatic carbocycles. The number of nitriles is 1. The molecule has 1 saturated heterocycles. The van der Waals surface area contributed by atoms with Crippen LogP contribution in [0.3, 0.4) is 0 Å². The molecule has 1 fully saturated rings. The van der Waals surface area contributed by atoms with Gasteiger partial charge in [-0.2, -0.15) is 5.26 Å². The second kappa shape index (κ2) is 3.15. The van der Waals surface area contributed by atoms with Gasteiger partial charge in [-0.05, 0) is 12.8 Å². The lowest BCUT2D eigenvalue weighted by Crippen LogP contribution is -2.26. The summed E-state index contributed by atoms with van der Waals surface area (Å²) in [6, 6.07) is 2.28. The first-order valence-corrected chi connectivity index (χ1v) is 3.74. The summed E-state index contributed by atoms with van der Waals surface area (Å²) in [5, 5.41) is 8.52. The number of nitrogens with zero attached hydrogens (tertiary/aromatic N) is 2. The third-order valence-electron chi connectivity index (χ3n) is 1.64. The monoisotopic (exact) mass is 142 g/mol. The molecule has 0 aromatic rings. The third kappa shape index (κ3) is 1.93. The molecule has 9 heavy (non-hydrogen) atoms. The Hall–Kier alpha value is -0.120. The first-order valence-electron chi connectivity index (χ1n) is 3.22. The molecule has 0 saturated carbocycles. The van der Waals surface area contributed by atoms with Crippen molar-refractivity contribution in [3.63, 3.8) is 0 Å². The third-order valence-corrected chi connectivity index (χ3v) is 2.10. The van der Waals surface area contributed by atoms with E-state index in [9.17, 15) is 0 Å². The molecule has 0 N–H and O–H groups in total. The quantitative estimate of drug-likeness (QED) is 0.472. The van der Waals surface area contributed by atoms with Crippen molar-refractivity contribution in [1.29, 1.82) is 5.26 Å². The van der Waals surface area contributed by atoms with Crippen molar-refractivity contribution >= 4 is 9.39 Å². The number of piperidine rings is 1. The zero-order valence-corrected chi connectivity index (χ0v) is 6.53. The zero-order chi connectivity index (χ0) is 6.69. The van der Waals surface area contributed by atoms with Crippen LogP contribution in [0.1, 0.15) is 12.8 Å².